The van der Waals surface area contributed by atoms with Crippen LogP contribution in [0.2, 0.25) is 0 Å². The Morgan fingerprint density at radius 3 is 3.07 bits per heavy atom. The van der Waals surface area contributed by atoms with Gasteiger partial charge in [0.1, 0.15) is 0 Å². The standard InChI is InChI=1S/C12H16N2/c1-2-6-13-9-10-3-4-12-11(8-10)5-7-14-12/h3-5,7-8,13-14H,2,6,9H2,1H3. The number of aromatic nitrogens is 1. The molecule has 14 heavy (non-hydrogen) atoms. The number of H-pyrrole nitrogens is 1. The summed E-state index contributed by atoms with van der Waals surface area (Å²) < 4.78 is 0. The Hall–Kier alpha value is -1.28. The molecule has 0 amide bonds. The SMILES string of the molecule is CCCNCc1ccc2[nH]ccc2c1. The van der Waals surface area contributed by atoms with Crippen LogP contribution in [0.15, 0.2) is 30.5 Å². The van der Waals surface area contributed by atoms with Crippen LogP contribution in [0.1, 0.15) is 18.9 Å². The summed E-state index contributed by atoms with van der Waals surface area (Å²) in [7, 11) is 0. The van der Waals surface area contributed by atoms with Crippen LogP contribution in [0.4, 0.5) is 0 Å². The summed E-state index contributed by atoms with van der Waals surface area (Å²) in [6.07, 6.45) is 3.17. The van der Waals surface area contributed by atoms with E-state index >= 15 is 0 Å². The molecule has 0 aliphatic rings. The summed E-state index contributed by atoms with van der Waals surface area (Å²) in [5, 5.41) is 4.69. The molecule has 0 saturated heterocycles. The fraction of sp³-hybridized carbons (Fsp3) is 0.333. The first-order valence-electron chi connectivity index (χ1n) is 5.17. The minimum Gasteiger partial charge on any atom is -0.361 e. The highest BCUT2D eigenvalue weighted by atomic mass is 14.8. The molecule has 2 nitrogen and oxygen atoms in total. The van der Waals surface area contributed by atoms with Gasteiger partial charge in [0, 0.05) is 18.3 Å². The predicted molar refractivity (Wildman–Crippen MR) is 60.3 cm³/mol. The maximum absolute atomic E-state index is 3.40. The van der Waals surface area contributed by atoms with Gasteiger partial charge in [0.2, 0.25) is 0 Å². The smallest absolute Gasteiger partial charge is 0.0454 e. The Labute approximate surface area is 84.3 Å². The van der Waals surface area contributed by atoms with E-state index < -0.39 is 0 Å². The van der Waals surface area contributed by atoms with Crippen LogP contribution in [-0.4, -0.2) is 11.5 Å². The lowest BCUT2D eigenvalue weighted by atomic mass is 10.1. The van der Waals surface area contributed by atoms with Gasteiger partial charge in [0.25, 0.3) is 0 Å². The maximum atomic E-state index is 3.40. The lowest BCUT2D eigenvalue weighted by molar-refractivity contribution is 0.676. The third-order valence-electron chi connectivity index (χ3n) is 2.37. The highest BCUT2D eigenvalue weighted by Gasteiger charge is 1.96. The zero-order valence-corrected chi connectivity index (χ0v) is 8.51. The second-order valence-corrected chi connectivity index (χ2v) is 3.58. The average Bonchev–Trinajstić information content (AvgIpc) is 2.65. The van der Waals surface area contributed by atoms with Crippen molar-refractivity contribution in [2.24, 2.45) is 0 Å². The Balaban J connectivity index is 2.10. The molecule has 0 saturated carbocycles. The number of fused-ring (bicyclic) bond motifs is 1. The summed E-state index contributed by atoms with van der Waals surface area (Å²) in [6, 6.07) is 8.65. The molecular weight excluding hydrogens is 172 g/mol. The fourth-order valence-electron chi connectivity index (χ4n) is 1.62. The molecule has 0 atom stereocenters. The molecule has 0 radical (unpaired) electrons. The van der Waals surface area contributed by atoms with Crippen LogP contribution in [0.25, 0.3) is 10.9 Å². The van der Waals surface area contributed by atoms with E-state index in [0.717, 1.165) is 13.1 Å². The van der Waals surface area contributed by atoms with Crippen LogP contribution < -0.4 is 5.32 Å². The molecule has 0 fully saturated rings. The third kappa shape index (κ3) is 1.96. The number of rotatable bonds is 4. The molecule has 0 bridgehead atoms. The van der Waals surface area contributed by atoms with Gasteiger partial charge in [-0.1, -0.05) is 13.0 Å². The number of aromatic amines is 1. The molecule has 1 heterocycles. The molecule has 74 valence electrons. The van der Waals surface area contributed by atoms with E-state index in [2.05, 4.69) is 41.5 Å². The normalized spacial score (nSPS) is 10.9. The van der Waals surface area contributed by atoms with Crippen molar-refractivity contribution >= 4 is 10.9 Å². The highest BCUT2D eigenvalue weighted by Crippen LogP contribution is 2.13. The minimum absolute atomic E-state index is 0.967. The van der Waals surface area contributed by atoms with Gasteiger partial charge >= 0.3 is 0 Å². The van der Waals surface area contributed by atoms with Crippen LogP contribution >= 0.6 is 0 Å². The fourth-order valence-corrected chi connectivity index (χ4v) is 1.62. The number of hydrogen-bond donors (Lipinski definition) is 2. The molecule has 0 aliphatic carbocycles. The molecule has 1 aromatic heterocycles. The largest absolute Gasteiger partial charge is 0.361 e. The van der Waals surface area contributed by atoms with E-state index in [9.17, 15) is 0 Å². The van der Waals surface area contributed by atoms with Crippen molar-refractivity contribution in [1.82, 2.24) is 10.3 Å². The van der Waals surface area contributed by atoms with E-state index in [1.165, 1.54) is 22.9 Å². The molecule has 1 aromatic carbocycles. The highest BCUT2D eigenvalue weighted by molar-refractivity contribution is 5.79. The first kappa shape index (κ1) is 9.28. The van der Waals surface area contributed by atoms with Crippen molar-refractivity contribution in [3.8, 4) is 0 Å². The molecule has 0 unspecified atom stereocenters. The summed E-state index contributed by atoms with van der Waals surface area (Å²) in [6.45, 7) is 4.24. The number of benzene rings is 1. The maximum Gasteiger partial charge on any atom is 0.0454 e. The van der Waals surface area contributed by atoms with Gasteiger partial charge in [-0.2, -0.15) is 0 Å². The van der Waals surface area contributed by atoms with E-state index in [1.54, 1.807) is 0 Å². The minimum atomic E-state index is 0.967. The first-order chi connectivity index (χ1) is 6.90. The Bertz CT molecular complexity index is 403. The van der Waals surface area contributed by atoms with Crippen LogP contribution in [-0.2, 0) is 6.54 Å². The van der Waals surface area contributed by atoms with Crippen molar-refractivity contribution < 1.29 is 0 Å². The van der Waals surface area contributed by atoms with Gasteiger partial charge in [-0.15, -0.1) is 0 Å². The zero-order valence-electron chi connectivity index (χ0n) is 8.51. The van der Waals surface area contributed by atoms with Gasteiger partial charge in [0.15, 0.2) is 0 Å². The molecule has 2 heteroatoms. The van der Waals surface area contributed by atoms with Gasteiger partial charge in [-0.25, -0.2) is 0 Å². The lowest BCUT2D eigenvalue weighted by Gasteiger charge is -2.02. The van der Waals surface area contributed by atoms with Crippen molar-refractivity contribution in [2.75, 3.05) is 6.54 Å². The van der Waals surface area contributed by atoms with Gasteiger partial charge in [0.05, 0.1) is 0 Å². The summed E-state index contributed by atoms with van der Waals surface area (Å²) >= 11 is 0. The molecule has 2 aromatic rings. The Morgan fingerprint density at radius 1 is 1.29 bits per heavy atom. The second-order valence-electron chi connectivity index (χ2n) is 3.58. The predicted octanol–water partition coefficient (Wildman–Crippen LogP) is 2.67. The van der Waals surface area contributed by atoms with E-state index in [-0.39, 0.29) is 0 Å². The van der Waals surface area contributed by atoms with Gasteiger partial charge in [-0.3, -0.25) is 0 Å². The van der Waals surface area contributed by atoms with E-state index in [4.69, 9.17) is 0 Å². The van der Waals surface area contributed by atoms with Crippen LogP contribution in [0.5, 0.6) is 0 Å². The zero-order chi connectivity index (χ0) is 9.80. The van der Waals surface area contributed by atoms with E-state index in [1.807, 2.05) is 6.20 Å². The average molecular weight is 188 g/mol. The molecule has 0 aliphatic heterocycles. The monoisotopic (exact) mass is 188 g/mol. The summed E-state index contributed by atoms with van der Waals surface area (Å²) in [5.41, 5.74) is 2.56. The summed E-state index contributed by atoms with van der Waals surface area (Å²) in [4.78, 5) is 3.19. The molecule has 0 spiro atoms. The van der Waals surface area contributed by atoms with Gasteiger partial charge in [-0.05, 0) is 42.1 Å². The second kappa shape index (κ2) is 4.29. The molecule has 2 N–H and O–H groups in total. The Morgan fingerprint density at radius 2 is 2.21 bits per heavy atom. The van der Waals surface area contributed by atoms with Gasteiger partial charge < -0.3 is 10.3 Å². The quantitative estimate of drug-likeness (QED) is 0.709. The van der Waals surface area contributed by atoms with Crippen molar-refractivity contribution in [2.45, 2.75) is 19.9 Å². The number of hydrogen-bond acceptors (Lipinski definition) is 1. The van der Waals surface area contributed by atoms with Crippen molar-refractivity contribution in [1.29, 1.82) is 0 Å². The van der Waals surface area contributed by atoms with Crippen molar-refractivity contribution in [3.63, 3.8) is 0 Å². The third-order valence-corrected chi connectivity index (χ3v) is 2.37. The van der Waals surface area contributed by atoms with Crippen molar-refractivity contribution in [3.05, 3.63) is 36.0 Å². The Kier molecular flexibility index (Phi) is 2.84. The molecule has 2 rings (SSSR count). The topological polar surface area (TPSA) is 27.8 Å². The summed E-state index contributed by atoms with van der Waals surface area (Å²) in [5.74, 6) is 0. The first-order valence-corrected chi connectivity index (χ1v) is 5.17. The number of nitrogens with one attached hydrogen (secondary N) is 2. The van der Waals surface area contributed by atoms with Crippen LogP contribution in [0.3, 0.4) is 0 Å². The lowest BCUT2D eigenvalue weighted by Crippen LogP contribution is -2.13. The van der Waals surface area contributed by atoms with Crippen LogP contribution in [0, 0.1) is 0 Å². The molecular formula is C12H16N2. The van der Waals surface area contributed by atoms with E-state index in [0.29, 0.717) is 0 Å².